The molecule has 0 radical (unpaired) electrons. The van der Waals surface area contributed by atoms with E-state index < -0.39 is 0 Å². The van der Waals surface area contributed by atoms with Crippen LogP contribution in [0.4, 0.5) is 5.95 Å². The fourth-order valence-corrected chi connectivity index (χ4v) is 3.89. The van der Waals surface area contributed by atoms with Crippen molar-refractivity contribution in [1.29, 1.82) is 0 Å². The van der Waals surface area contributed by atoms with Crippen LogP contribution in [0.1, 0.15) is 25.7 Å². The van der Waals surface area contributed by atoms with Crippen LogP contribution in [-0.2, 0) is 4.79 Å². The fourth-order valence-electron chi connectivity index (χ4n) is 3.89. The average molecular weight is 359 g/mol. The number of hydrogen-bond donors (Lipinski definition) is 1. The first-order valence-electron chi connectivity index (χ1n) is 9.30. The molecule has 0 atom stereocenters. The van der Waals surface area contributed by atoms with Gasteiger partial charge in [-0.25, -0.2) is 9.97 Å². The lowest BCUT2D eigenvalue weighted by Gasteiger charge is -2.35. The number of rotatable bonds is 4. The standard InChI is InChI=1S/C18H29N7O/c1-23(2)15(26)18(6-3-4-7-18)14-22-16(19)24-10-12-25(13-11-24)17-20-8-5-9-21-17/h5,8-9H,3-4,6-7,10-14H2,1-2H3,(H2,19,22). The summed E-state index contributed by atoms with van der Waals surface area (Å²) in [6, 6.07) is 1.82. The van der Waals surface area contributed by atoms with E-state index in [4.69, 9.17) is 5.73 Å². The number of nitrogens with two attached hydrogens (primary N) is 1. The highest BCUT2D eigenvalue weighted by atomic mass is 16.2. The number of anilines is 1. The fraction of sp³-hybridized carbons (Fsp3) is 0.667. The van der Waals surface area contributed by atoms with Gasteiger partial charge in [-0.15, -0.1) is 0 Å². The van der Waals surface area contributed by atoms with Gasteiger partial charge in [-0.2, -0.15) is 0 Å². The third-order valence-corrected chi connectivity index (χ3v) is 5.40. The number of guanidine groups is 1. The predicted octanol–water partition coefficient (Wildman–Crippen LogP) is 0.562. The molecule has 0 bridgehead atoms. The number of nitrogens with zero attached hydrogens (tertiary/aromatic N) is 6. The van der Waals surface area contributed by atoms with Crippen LogP contribution < -0.4 is 10.6 Å². The van der Waals surface area contributed by atoms with Crippen molar-refractivity contribution in [1.82, 2.24) is 19.8 Å². The zero-order valence-electron chi connectivity index (χ0n) is 15.8. The molecule has 1 saturated carbocycles. The van der Waals surface area contributed by atoms with Crippen LogP contribution in [0, 0.1) is 5.41 Å². The summed E-state index contributed by atoms with van der Waals surface area (Å²) in [7, 11) is 3.64. The predicted molar refractivity (Wildman–Crippen MR) is 102 cm³/mol. The molecule has 142 valence electrons. The minimum atomic E-state index is -0.367. The molecular formula is C18H29N7O. The second-order valence-corrected chi connectivity index (χ2v) is 7.38. The highest BCUT2D eigenvalue weighted by Gasteiger charge is 2.42. The summed E-state index contributed by atoms with van der Waals surface area (Å²) in [5.41, 5.74) is 5.88. The molecule has 0 spiro atoms. The Labute approximate surface area is 155 Å². The zero-order valence-corrected chi connectivity index (χ0v) is 15.8. The van der Waals surface area contributed by atoms with Gasteiger partial charge in [0.05, 0.1) is 12.0 Å². The van der Waals surface area contributed by atoms with Crippen LogP contribution >= 0.6 is 0 Å². The number of carbonyl (C=O) groups is 1. The van der Waals surface area contributed by atoms with E-state index in [9.17, 15) is 4.79 Å². The summed E-state index contributed by atoms with van der Waals surface area (Å²) >= 11 is 0. The van der Waals surface area contributed by atoms with E-state index in [0.29, 0.717) is 12.5 Å². The summed E-state index contributed by atoms with van der Waals surface area (Å²) in [5, 5.41) is 0. The third kappa shape index (κ3) is 3.89. The summed E-state index contributed by atoms with van der Waals surface area (Å²) in [6.45, 7) is 3.66. The Morgan fingerprint density at radius 2 is 1.81 bits per heavy atom. The molecule has 1 saturated heterocycles. The molecule has 8 nitrogen and oxygen atoms in total. The summed E-state index contributed by atoms with van der Waals surface area (Å²) in [5.74, 6) is 1.47. The average Bonchev–Trinajstić information content (AvgIpc) is 3.16. The van der Waals surface area contributed by atoms with Gasteiger partial charge in [-0.3, -0.25) is 9.79 Å². The van der Waals surface area contributed by atoms with Crippen molar-refractivity contribution in [3.8, 4) is 0 Å². The largest absolute Gasteiger partial charge is 0.370 e. The first-order valence-corrected chi connectivity index (χ1v) is 9.30. The SMILES string of the molecule is CN(C)C(=O)C1(CN=C(N)N2CCN(c3ncccn3)CC2)CCCC1. The smallest absolute Gasteiger partial charge is 0.230 e. The molecule has 2 N–H and O–H groups in total. The maximum Gasteiger partial charge on any atom is 0.230 e. The first kappa shape index (κ1) is 18.4. The van der Waals surface area contributed by atoms with Crippen LogP contribution in [0.25, 0.3) is 0 Å². The van der Waals surface area contributed by atoms with Crippen molar-refractivity contribution in [2.45, 2.75) is 25.7 Å². The van der Waals surface area contributed by atoms with Crippen molar-refractivity contribution in [2.75, 3.05) is 51.7 Å². The summed E-state index contributed by atoms with van der Waals surface area (Å²) < 4.78 is 0. The van der Waals surface area contributed by atoms with Gasteiger partial charge in [-0.1, -0.05) is 12.8 Å². The van der Waals surface area contributed by atoms with Gasteiger partial charge in [0.2, 0.25) is 11.9 Å². The highest BCUT2D eigenvalue weighted by Crippen LogP contribution is 2.39. The monoisotopic (exact) mass is 359 g/mol. The molecule has 2 heterocycles. The lowest BCUT2D eigenvalue weighted by molar-refractivity contribution is -0.138. The highest BCUT2D eigenvalue weighted by molar-refractivity contribution is 5.84. The van der Waals surface area contributed by atoms with Crippen molar-refractivity contribution < 1.29 is 4.79 Å². The molecule has 0 aromatic carbocycles. The molecular weight excluding hydrogens is 330 g/mol. The molecule has 1 amide bonds. The summed E-state index contributed by atoms with van der Waals surface area (Å²) in [4.78, 5) is 31.8. The molecule has 2 fully saturated rings. The zero-order chi connectivity index (χ0) is 18.6. The van der Waals surface area contributed by atoms with E-state index >= 15 is 0 Å². The second-order valence-electron chi connectivity index (χ2n) is 7.38. The number of aliphatic imine (C=N–C) groups is 1. The Morgan fingerprint density at radius 1 is 1.19 bits per heavy atom. The third-order valence-electron chi connectivity index (χ3n) is 5.40. The minimum Gasteiger partial charge on any atom is -0.370 e. The molecule has 26 heavy (non-hydrogen) atoms. The number of hydrogen-bond acceptors (Lipinski definition) is 5. The molecule has 8 heteroatoms. The number of aromatic nitrogens is 2. The van der Waals surface area contributed by atoms with Crippen molar-refractivity contribution >= 4 is 17.8 Å². The van der Waals surface area contributed by atoms with Crippen LogP contribution in [0.15, 0.2) is 23.5 Å². The Kier molecular flexibility index (Phi) is 5.58. The molecule has 1 aliphatic carbocycles. The quantitative estimate of drug-likeness (QED) is 0.624. The van der Waals surface area contributed by atoms with Crippen molar-refractivity contribution in [3.05, 3.63) is 18.5 Å². The van der Waals surface area contributed by atoms with Crippen LogP contribution in [0.5, 0.6) is 0 Å². The number of piperazine rings is 1. The van der Waals surface area contributed by atoms with Crippen molar-refractivity contribution in [2.24, 2.45) is 16.1 Å². The maximum absolute atomic E-state index is 12.6. The van der Waals surface area contributed by atoms with Gasteiger partial charge in [0.25, 0.3) is 0 Å². The van der Waals surface area contributed by atoms with Gasteiger partial charge in [0, 0.05) is 52.7 Å². The van der Waals surface area contributed by atoms with Crippen LogP contribution in [-0.4, -0.2) is 78.5 Å². The number of amides is 1. The minimum absolute atomic E-state index is 0.178. The molecule has 3 rings (SSSR count). The van der Waals surface area contributed by atoms with Gasteiger partial charge in [0.1, 0.15) is 0 Å². The molecule has 2 aliphatic rings. The van der Waals surface area contributed by atoms with E-state index in [0.717, 1.165) is 57.8 Å². The van der Waals surface area contributed by atoms with E-state index in [1.54, 1.807) is 17.3 Å². The molecule has 0 unspecified atom stereocenters. The maximum atomic E-state index is 12.6. The van der Waals surface area contributed by atoms with Gasteiger partial charge in [0.15, 0.2) is 5.96 Å². The summed E-state index contributed by atoms with van der Waals surface area (Å²) in [6.07, 6.45) is 7.50. The molecule has 1 aromatic rings. The Morgan fingerprint density at radius 3 is 2.38 bits per heavy atom. The van der Waals surface area contributed by atoms with Crippen LogP contribution in [0.3, 0.4) is 0 Å². The number of carbonyl (C=O) groups excluding carboxylic acids is 1. The van der Waals surface area contributed by atoms with E-state index in [-0.39, 0.29) is 11.3 Å². The first-order chi connectivity index (χ1) is 12.5. The molecule has 1 aromatic heterocycles. The van der Waals surface area contributed by atoms with E-state index in [1.165, 1.54) is 0 Å². The van der Waals surface area contributed by atoms with E-state index in [2.05, 4.69) is 24.8 Å². The Balaban J connectivity index is 1.59. The lowest BCUT2D eigenvalue weighted by atomic mass is 9.85. The van der Waals surface area contributed by atoms with Crippen LogP contribution in [0.2, 0.25) is 0 Å². The van der Waals surface area contributed by atoms with Gasteiger partial charge < -0.3 is 20.4 Å². The Bertz CT molecular complexity index is 632. The van der Waals surface area contributed by atoms with E-state index in [1.807, 2.05) is 20.2 Å². The second kappa shape index (κ2) is 7.88. The molecule has 1 aliphatic heterocycles. The topological polar surface area (TPSA) is 91.0 Å². The van der Waals surface area contributed by atoms with Gasteiger partial charge in [-0.05, 0) is 18.9 Å². The normalized spacial score (nSPS) is 20.3. The lowest BCUT2D eigenvalue weighted by Crippen LogP contribution is -2.52. The Hall–Kier alpha value is -2.38. The van der Waals surface area contributed by atoms with Crippen molar-refractivity contribution in [3.63, 3.8) is 0 Å². The van der Waals surface area contributed by atoms with Gasteiger partial charge >= 0.3 is 0 Å².